The standard InChI is InChI=1S/C11H15N3O3/c1-15-8-6-10(16-2)9(4-5-13-14-12)11(7-8)17-3/h6-7H,4-5H2,1-3H3. The van der Waals surface area contributed by atoms with Crippen LogP contribution in [0.1, 0.15) is 5.56 Å². The topological polar surface area (TPSA) is 76.5 Å². The largest absolute Gasteiger partial charge is 0.496 e. The first kappa shape index (κ1) is 13.0. The second-order valence-corrected chi connectivity index (χ2v) is 3.21. The Bertz CT molecular complexity index is 403. The van der Waals surface area contributed by atoms with E-state index in [4.69, 9.17) is 19.7 Å². The number of ether oxygens (including phenoxy) is 3. The SMILES string of the molecule is COc1cc(OC)c(CCN=[N+]=[N-])c(OC)c1. The fourth-order valence-corrected chi connectivity index (χ4v) is 1.53. The molecule has 0 atom stereocenters. The molecule has 6 heteroatoms. The first-order valence-electron chi connectivity index (χ1n) is 5.06. The van der Waals surface area contributed by atoms with E-state index in [0.29, 0.717) is 30.2 Å². The monoisotopic (exact) mass is 237 g/mol. The molecular weight excluding hydrogens is 222 g/mol. The number of nitrogens with zero attached hydrogens (tertiary/aromatic N) is 3. The average Bonchev–Trinajstić information content (AvgIpc) is 2.38. The Morgan fingerprint density at radius 3 is 2.12 bits per heavy atom. The number of hydrogen-bond acceptors (Lipinski definition) is 4. The Kier molecular flexibility index (Phi) is 4.97. The van der Waals surface area contributed by atoms with Gasteiger partial charge in [0.25, 0.3) is 0 Å². The van der Waals surface area contributed by atoms with Gasteiger partial charge in [-0.05, 0) is 12.0 Å². The lowest BCUT2D eigenvalue weighted by atomic mass is 10.1. The summed E-state index contributed by atoms with van der Waals surface area (Å²) < 4.78 is 15.7. The summed E-state index contributed by atoms with van der Waals surface area (Å²) in [6, 6.07) is 3.54. The van der Waals surface area contributed by atoms with Gasteiger partial charge >= 0.3 is 0 Å². The van der Waals surface area contributed by atoms with E-state index in [1.54, 1.807) is 33.5 Å². The van der Waals surface area contributed by atoms with E-state index in [2.05, 4.69) is 10.0 Å². The zero-order valence-electron chi connectivity index (χ0n) is 10.1. The highest BCUT2D eigenvalue weighted by Crippen LogP contribution is 2.34. The Balaban J connectivity index is 3.09. The molecule has 17 heavy (non-hydrogen) atoms. The molecule has 0 aliphatic heterocycles. The molecule has 0 saturated heterocycles. The molecule has 0 spiro atoms. The fourth-order valence-electron chi connectivity index (χ4n) is 1.53. The van der Waals surface area contributed by atoms with Gasteiger partial charge in [0.15, 0.2) is 0 Å². The summed E-state index contributed by atoms with van der Waals surface area (Å²) in [6.07, 6.45) is 0.556. The third kappa shape index (κ3) is 3.19. The molecular formula is C11H15N3O3. The molecule has 0 radical (unpaired) electrons. The summed E-state index contributed by atoms with van der Waals surface area (Å²) in [6.45, 7) is 0.357. The smallest absolute Gasteiger partial charge is 0.129 e. The Morgan fingerprint density at radius 1 is 1.12 bits per heavy atom. The molecule has 0 heterocycles. The molecule has 0 fully saturated rings. The fraction of sp³-hybridized carbons (Fsp3) is 0.455. The average molecular weight is 237 g/mol. The van der Waals surface area contributed by atoms with Crippen LogP contribution in [0.4, 0.5) is 0 Å². The van der Waals surface area contributed by atoms with Gasteiger partial charge in [-0.3, -0.25) is 0 Å². The van der Waals surface area contributed by atoms with E-state index in [1.807, 2.05) is 0 Å². The molecule has 1 aromatic carbocycles. The number of azide groups is 1. The van der Waals surface area contributed by atoms with Crippen molar-refractivity contribution in [3.05, 3.63) is 28.1 Å². The maximum atomic E-state index is 8.26. The first-order valence-corrected chi connectivity index (χ1v) is 5.06. The van der Waals surface area contributed by atoms with Gasteiger partial charge in [-0.25, -0.2) is 0 Å². The van der Waals surface area contributed by atoms with Crippen LogP contribution in [-0.4, -0.2) is 27.9 Å². The number of methoxy groups -OCH3 is 3. The number of benzene rings is 1. The minimum Gasteiger partial charge on any atom is -0.496 e. The minimum absolute atomic E-state index is 0.357. The van der Waals surface area contributed by atoms with Gasteiger partial charge in [0, 0.05) is 29.2 Å². The summed E-state index contributed by atoms with van der Waals surface area (Å²) in [5, 5.41) is 3.50. The van der Waals surface area contributed by atoms with Crippen molar-refractivity contribution in [3.8, 4) is 17.2 Å². The molecule has 1 aromatic rings. The van der Waals surface area contributed by atoms with Crippen LogP contribution >= 0.6 is 0 Å². The van der Waals surface area contributed by atoms with Gasteiger partial charge in [-0.15, -0.1) is 0 Å². The van der Waals surface area contributed by atoms with Crippen molar-refractivity contribution in [1.82, 2.24) is 0 Å². The molecule has 0 bridgehead atoms. The summed E-state index contributed by atoms with van der Waals surface area (Å²) in [5.41, 5.74) is 9.12. The molecule has 92 valence electrons. The van der Waals surface area contributed by atoms with Crippen LogP contribution in [0.15, 0.2) is 17.2 Å². The molecule has 0 unspecified atom stereocenters. The van der Waals surface area contributed by atoms with E-state index in [-0.39, 0.29) is 0 Å². The Labute approximate surface area is 99.7 Å². The van der Waals surface area contributed by atoms with E-state index >= 15 is 0 Å². The van der Waals surface area contributed by atoms with E-state index in [0.717, 1.165) is 5.56 Å². The maximum Gasteiger partial charge on any atom is 0.129 e. The molecule has 0 aromatic heterocycles. The lowest BCUT2D eigenvalue weighted by Gasteiger charge is -2.14. The van der Waals surface area contributed by atoms with Crippen molar-refractivity contribution < 1.29 is 14.2 Å². The lowest BCUT2D eigenvalue weighted by molar-refractivity contribution is 0.369. The number of rotatable bonds is 6. The molecule has 0 N–H and O–H groups in total. The van der Waals surface area contributed by atoms with Crippen molar-refractivity contribution >= 4 is 0 Å². The second-order valence-electron chi connectivity index (χ2n) is 3.21. The zero-order chi connectivity index (χ0) is 12.7. The van der Waals surface area contributed by atoms with Crippen LogP contribution in [-0.2, 0) is 6.42 Å². The molecule has 0 saturated carbocycles. The third-order valence-corrected chi connectivity index (χ3v) is 2.34. The van der Waals surface area contributed by atoms with Crippen LogP contribution in [0.3, 0.4) is 0 Å². The van der Waals surface area contributed by atoms with Crippen molar-refractivity contribution in [2.75, 3.05) is 27.9 Å². The highest BCUT2D eigenvalue weighted by Gasteiger charge is 2.12. The highest BCUT2D eigenvalue weighted by molar-refractivity contribution is 5.50. The van der Waals surface area contributed by atoms with Crippen LogP contribution in [0, 0.1) is 0 Å². The predicted octanol–water partition coefficient (Wildman–Crippen LogP) is 2.57. The quantitative estimate of drug-likeness (QED) is 0.433. The van der Waals surface area contributed by atoms with Gasteiger partial charge in [-0.2, -0.15) is 0 Å². The second kappa shape index (κ2) is 6.50. The zero-order valence-corrected chi connectivity index (χ0v) is 10.1. The molecule has 0 aliphatic carbocycles. The van der Waals surface area contributed by atoms with E-state index in [9.17, 15) is 0 Å². The summed E-state index contributed by atoms with van der Waals surface area (Å²) in [7, 11) is 4.73. The predicted molar refractivity (Wildman–Crippen MR) is 63.8 cm³/mol. The van der Waals surface area contributed by atoms with Gasteiger partial charge < -0.3 is 14.2 Å². The van der Waals surface area contributed by atoms with Crippen LogP contribution in [0.25, 0.3) is 10.4 Å². The molecule has 0 amide bonds. The summed E-state index contributed by atoms with van der Waals surface area (Å²) >= 11 is 0. The van der Waals surface area contributed by atoms with Crippen molar-refractivity contribution in [2.45, 2.75) is 6.42 Å². The maximum absolute atomic E-state index is 8.26. The first-order chi connectivity index (χ1) is 8.26. The van der Waals surface area contributed by atoms with Gasteiger partial charge in [0.1, 0.15) is 17.2 Å². The summed E-state index contributed by atoms with van der Waals surface area (Å²) in [4.78, 5) is 2.71. The Morgan fingerprint density at radius 2 is 1.71 bits per heavy atom. The molecule has 1 rings (SSSR count). The van der Waals surface area contributed by atoms with E-state index in [1.165, 1.54) is 0 Å². The van der Waals surface area contributed by atoms with Crippen LogP contribution < -0.4 is 14.2 Å². The van der Waals surface area contributed by atoms with Crippen molar-refractivity contribution in [1.29, 1.82) is 0 Å². The Hall–Kier alpha value is -2.07. The normalized spacial score (nSPS) is 9.35. The highest BCUT2D eigenvalue weighted by atomic mass is 16.5. The minimum atomic E-state index is 0.357. The van der Waals surface area contributed by atoms with Gasteiger partial charge in [0.2, 0.25) is 0 Å². The van der Waals surface area contributed by atoms with Crippen molar-refractivity contribution in [3.63, 3.8) is 0 Å². The van der Waals surface area contributed by atoms with Gasteiger partial charge in [-0.1, -0.05) is 5.11 Å². The third-order valence-electron chi connectivity index (χ3n) is 2.34. The van der Waals surface area contributed by atoms with Crippen molar-refractivity contribution in [2.24, 2.45) is 5.11 Å². The molecule has 0 aliphatic rings. The van der Waals surface area contributed by atoms with Crippen LogP contribution in [0.2, 0.25) is 0 Å². The number of hydrogen-bond donors (Lipinski definition) is 0. The summed E-state index contributed by atoms with van der Waals surface area (Å²) in [5.74, 6) is 1.98. The molecule has 6 nitrogen and oxygen atoms in total. The lowest BCUT2D eigenvalue weighted by Crippen LogP contribution is -2.00. The van der Waals surface area contributed by atoms with Gasteiger partial charge in [0.05, 0.1) is 21.3 Å². The van der Waals surface area contributed by atoms with Crippen LogP contribution in [0.5, 0.6) is 17.2 Å². The van der Waals surface area contributed by atoms with E-state index < -0.39 is 0 Å².